The average molecular weight is 342 g/mol. The highest BCUT2D eigenvalue weighted by molar-refractivity contribution is 7.91. The molecule has 1 aromatic heterocycles. The molecule has 0 aromatic carbocycles. The van der Waals surface area contributed by atoms with Gasteiger partial charge in [0.25, 0.3) is 0 Å². The minimum absolute atomic E-state index is 0.141. The van der Waals surface area contributed by atoms with Crippen LogP contribution in [0.25, 0.3) is 0 Å². The summed E-state index contributed by atoms with van der Waals surface area (Å²) in [5.41, 5.74) is 0.877. The lowest BCUT2D eigenvalue weighted by Crippen LogP contribution is -2.25. The van der Waals surface area contributed by atoms with E-state index in [2.05, 4.69) is 10.0 Å². The van der Waals surface area contributed by atoms with E-state index in [0.717, 1.165) is 29.7 Å². The number of hydrogen-bond acceptors (Lipinski definition) is 4. The number of thiophene rings is 1. The van der Waals surface area contributed by atoms with Crippen LogP contribution in [0.2, 0.25) is 0 Å². The summed E-state index contributed by atoms with van der Waals surface area (Å²) in [6.07, 6.45) is -3.21. The fraction of sp³-hybridized carbons (Fsp3) is 0.667. The first-order valence-corrected chi connectivity index (χ1v) is 9.00. The molecule has 1 saturated carbocycles. The highest BCUT2D eigenvalue weighted by Crippen LogP contribution is 2.24. The molecule has 1 aliphatic rings. The third-order valence-electron chi connectivity index (χ3n) is 3.00. The van der Waals surface area contributed by atoms with Crippen molar-refractivity contribution < 1.29 is 21.6 Å². The highest BCUT2D eigenvalue weighted by Gasteiger charge is 2.26. The molecule has 1 aliphatic carbocycles. The van der Waals surface area contributed by atoms with Crippen molar-refractivity contribution in [3.8, 4) is 0 Å². The van der Waals surface area contributed by atoms with Crippen molar-refractivity contribution >= 4 is 21.4 Å². The van der Waals surface area contributed by atoms with Gasteiger partial charge < -0.3 is 5.32 Å². The molecule has 1 aromatic rings. The first kappa shape index (κ1) is 16.7. The van der Waals surface area contributed by atoms with E-state index in [4.69, 9.17) is 0 Å². The van der Waals surface area contributed by atoms with Crippen LogP contribution in [0.1, 0.15) is 31.2 Å². The molecule has 0 radical (unpaired) electrons. The molecule has 2 N–H and O–H groups in total. The van der Waals surface area contributed by atoms with Crippen LogP contribution in [0.3, 0.4) is 0 Å². The van der Waals surface area contributed by atoms with Gasteiger partial charge in [0.15, 0.2) is 0 Å². The molecule has 0 bridgehead atoms. The van der Waals surface area contributed by atoms with Gasteiger partial charge in [-0.3, -0.25) is 0 Å². The van der Waals surface area contributed by atoms with Gasteiger partial charge in [0, 0.05) is 25.6 Å². The molecule has 4 nitrogen and oxygen atoms in total. The quantitative estimate of drug-likeness (QED) is 0.714. The van der Waals surface area contributed by atoms with E-state index in [1.807, 2.05) is 0 Å². The molecule has 120 valence electrons. The van der Waals surface area contributed by atoms with Gasteiger partial charge >= 0.3 is 6.18 Å². The summed E-state index contributed by atoms with van der Waals surface area (Å²) in [6.45, 7) is 0.403. The standard InChI is InChI=1S/C12H17F3N2O2S2/c13-12(14,15)4-1-5-17-21(18,19)11-6-9(8-20-11)7-16-10-2-3-10/h6,8,10,16-17H,1-5,7H2. The van der Waals surface area contributed by atoms with E-state index < -0.39 is 22.6 Å². The first-order chi connectivity index (χ1) is 9.76. The molecular formula is C12H17F3N2O2S2. The molecule has 0 spiro atoms. The molecule has 0 aliphatic heterocycles. The molecule has 21 heavy (non-hydrogen) atoms. The third kappa shape index (κ3) is 5.93. The Morgan fingerprint density at radius 2 is 2.05 bits per heavy atom. The molecule has 0 saturated heterocycles. The third-order valence-corrected chi connectivity index (χ3v) is 5.95. The van der Waals surface area contributed by atoms with Crippen molar-refractivity contribution in [1.29, 1.82) is 0 Å². The number of sulfonamides is 1. The molecule has 0 atom stereocenters. The predicted octanol–water partition coefficient (Wildman–Crippen LogP) is 2.62. The van der Waals surface area contributed by atoms with Crippen molar-refractivity contribution in [2.45, 2.75) is 48.7 Å². The largest absolute Gasteiger partial charge is 0.389 e. The Kier molecular flexibility index (Phi) is 5.29. The molecule has 1 fully saturated rings. The zero-order chi connectivity index (χ0) is 15.5. The van der Waals surface area contributed by atoms with Crippen molar-refractivity contribution in [1.82, 2.24) is 10.0 Å². The van der Waals surface area contributed by atoms with Crippen molar-refractivity contribution in [2.75, 3.05) is 6.54 Å². The topological polar surface area (TPSA) is 58.2 Å². The van der Waals surface area contributed by atoms with Crippen molar-refractivity contribution in [3.63, 3.8) is 0 Å². The van der Waals surface area contributed by atoms with Crippen LogP contribution in [0, 0.1) is 0 Å². The maximum Gasteiger partial charge on any atom is 0.389 e. The van der Waals surface area contributed by atoms with Gasteiger partial charge in [-0.2, -0.15) is 13.2 Å². The molecule has 9 heteroatoms. The Balaban J connectivity index is 1.80. The lowest BCUT2D eigenvalue weighted by atomic mass is 10.3. The Morgan fingerprint density at radius 1 is 1.33 bits per heavy atom. The summed E-state index contributed by atoms with van der Waals surface area (Å²) in [7, 11) is -3.71. The van der Waals surface area contributed by atoms with Gasteiger partial charge in [-0.15, -0.1) is 11.3 Å². The Morgan fingerprint density at radius 3 is 2.67 bits per heavy atom. The van der Waals surface area contributed by atoms with Gasteiger partial charge in [-0.25, -0.2) is 13.1 Å². The number of alkyl halides is 3. The molecular weight excluding hydrogens is 325 g/mol. The van der Waals surface area contributed by atoms with Gasteiger partial charge in [-0.05, 0) is 36.3 Å². The van der Waals surface area contributed by atoms with Gasteiger partial charge in [-0.1, -0.05) is 0 Å². The fourth-order valence-electron chi connectivity index (χ4n) is 1.70. The second kappa shape index (κ2) is 6.64. The Labute approximate surface area is 125 Å². The average Bonchev–Trinajstić information content (AvgIpc) is 3.07. The SMILES string of the molecule is O=S(=O)(NCCCC(F)(F)F)c1cc(CNC2CC2)cs1. The van der Waals surface area contributed by atoms with Crippen LogP contribution in [0.5, 0.6) is 0 Å². The highest BCUT2D eigenvalue weighted by atomic mass is 32.2. The zero-order valence-electron chi connectivity index (χ0n) is 11.2. The van der Waals surface area contributed by atoms with Gasteiger partial charge in [0.05, 0.1) is 0 Å². The predicted molar refractivity (Wildman–Crippen MR) is 74.7 cm³/mol. The van der Waals surface area contributed by atoms with Crippen molar-refractivity contribution in [2.24, 2.45) is 0 Å². The van der Waals surface area contributed by atoms with E-state index >= 15 is 0 Å². The van der Waals surface area contributed by atoms with Crippen molar-refractivity contribution in [3.05, 3.63) is 17.0 Å². The van der Waals surface area contributed by atoms with Gasteiger partial charge in [0.2, 0.25) is 10.0 Å². The smallest absolute Gasteiger partial charge is 0.310 e. The van der Waals surface area contributed by atoms with E-state index in [-0.39, 0.29) is 17.2 Å². The first-order valence-electron chi connectivity index (χ1n) is 6.63. The fourth-order valence-corrected chi connectivity index (χ4v) is 4.03. The molecule has 1 heterocycles. The van der Waals surface area contributed by atoms with Crippen LogP contribution in [-0.4, -0.2) is 27.2 Å². The van der Waals surface area contributed by atoms with E-state index in [0.29, 0.717) is 12.6 Å². The number of halogens is 3. The Bertz CT molecular complexity index is 565. The number of hydrogen-bond donors (Lipinski definition) is 2. The summed E-state index contributed by atoms with van der Waals surface area (Å²) < 4.78 is 62.1. The second-order valence-corrected chi connectivity index (χ2v) is 7.95. The minimum atomic E-state index is -4.25. The lowest BCUT2D eigenvalue weighted by molar-refractivity contribution is -0.135. The normalized spacial score (nSPS) is 16.3. The summed E-state index contributed by atoms with van der Waals surface area (Å²) >= 11 is 1.08. The molecule has 2 rings (SSSR count). The van der Waals surface area contributed by atoms with Crippen LogP contribution in [0.15, 0.2) is 15.7 Å². The minimum Gasteiger partial charge on any atom is -0.310 e. The number of nitrogens with one attached hydrogen (secondary N) is 2. The maximum atomic E-state index is 12.0. The zero-order valence-corrected chi connectivity index (χ0v) is 12.9. The van der Waals surface area contributed by atoms with E-state index in [1.165, 1.54) is 0 Å². The van der Waals surface area contributed by atoms with Crippen LogP contribution in [-0.2, 0) is 16.6 Å². The summed E-state index contributed by atoms with van der Waals surface area (Å²) in [5.74, 6) is 0. The monoisotopic (exact) mass is 342 g/mol. The van der Waals surface area contributed by atoms with Crippen LogP contribution in [0.4, 0.5) is 13.2 Å². The number of rotatable bonds is 8. The second-order valence-electron chi connectivity index (χ2n) is 5.05. The van der Waals surface area contributed by atoms with Gasteiger partial charge in [0.1, 0.15) is 4.21 Å². The lowest BCUT2D eigenvalue weighted by Gasteiger charge is -2.07. The molecule has 0 amide bonds. The van der Waals surface area contributed by atoms with E-state index in [9.17, 15) is 21.6 Å². The summed E-state index contributed by atoms with van der Waals surface area (Å²) in [5, 5.41) is 5.02. The van der Waals surface area contributed by atoms with Crippen LogP contribution >= 0.6 is 11.3 Å². The summed E-state index contributed by atoms with van der Waals surface area (Å²) in [6, 6.07) is 2.09. The summed E-state index contributed by atoms with van der Waals surface area (Å²) in [4.78, 5) is 0. The maximum absolute atomic E-state index is 12.0. The Hall–Kier alpha value is -0.640. The van der Waals surface area contributed by atoms with E-state index in [1.54, 1.807) is 11.4 Å². The molecule has 0 unspecified atom stereocenters. The van der Waals surface area contributed by atoms with Crippen LogP contribution < -0.4 is 10.0 Å².